The molecule has 0 aromatic heterocycles. The normalized spacial score (nSPS) is 28.6. The molecule has 1 aromatic carbocycles. The van der Waals surface area contributed by atoms with Gasteiger partial charge in [0.2, 0.25) is 0 Å². The predicted molar refractivity (Wildman–Crippen MR) is 79.7 cm³/mol. The molecule has 20 heavy (non-hydrogen) atoms. The Bertz CT molecular complexity index is 461. The zero-order valence-corrected chi connectivity index (χ0v) is 12.1. The van der Waals surface area contributed by atoms with Gasteiger partial charge >= 0.3 is 5.97 Å². The number of rotatable bonds is 3. The molecular formula is C17H23NO2. The third kappa shape index (κ3) is 2.82. The molecule has 3 rings (SSSR count). The van der Waals surface area contributed by atoms with Crippen LogP contribution < -0.4 is 5.32 Å². The van der Waals surface area contributed by atoms with Gasteiger partial charge in [0.25, 0.3) is 0 Å². The quantitative estimate of drug-likeness (QED) is 0.856. The van der Waals surface area contributed by atoms with E-state index in [0.717, 1.165) is 30.9 Å². The van der Waals surface area contributed by atoms with Crippen molar-refractivity contribution in [3.63, 3.8) is 0 Å². The minimum absolute atomic E-state index is 0.0806. The molecule has 1 aliphatic carbocycles. The zero-order valence-electron chi connectivity index (χ0n) is 12.1. The minimum atomic E-state index is -0.200. The van der Waals surface area contributed by atoms with Crippen molar-refractivity contribution in [1.29, 1.82) is 0 Å². The highest BCUT2D eigenvalue weighted by molar-refractivity contribution is 5.83. The van der Waals surface area contributed by atoms with E-state index in [1.54, 1.807) is 0 Å². The summed E-state index contributed by atoms with van der Waals surface area (Å²) in [4.78, 5) is 12.3. The summed E-state index contributed by atoms with van der Waals surface area (Å²) < 4.78 is 5.74. The lowest BCUT2D eigenvalue weighted by Crippen LogP contribution is -2.34. The van der Waals surface area contributed by atoms with Crippen molar-refractivity contribution in [3.05, 3.63) is 29.8 Å². The average Bonchev–Trinajstić information content (AvgIpc) is 2.91. The van der Waals surface area contributed by atoms with E-state index in [9.17, 15) is 4.79 Å². The Morgan fingerprint density at radius 3 is 3.00 bits per heavy atom. The van der Waals surface area contributed by atoms with Gasteiger partial charge in [-0.15, -0.1) is 0 Å². The van der Waals surface area contributed by atoms with Crippen LogP contribution in [0.3, 0.4) is 0 Å². The Balaban J connectivity index is 1.56. The van der Waals surface area contributed by atoms with Crippen LogP contribution in [0.25, 0.3) is 0 Å². The van der Waals surface area contributed by atoms with Crippen molar-refractivity contribution >= 4 is 11.7 Å². The lowest BCUT2D eigenvalue weighted by atomic mass is 9.85. The monoisotopic (exact) mass is 273 g/mol. The summed E-state index contributed by atoms with van der Waals surface area (Å²) in [5.74, 6) is 0.651. The average molecular weight is 273 g/mol. The highest BCUT2D eigenvalue weighted by atomic mass is 16.5. The molecule has 3 atom stereocenters. The van der Waals surface area contributed by atoms with E-state index >= 15 is 0 Å². The van der Waals surface area contributed by atoms with Crippen LogP contribution in [0.4, 0.5) is 5.69 Å². The fourth-order valence-corrected chi connectivity index (χ4v) is 3.41. The van der Waals surface area contributed by atoms with E-state index in [4.69, 9.17) is 4.74 Å². The molecule has 0 amide bonds. The molecule has 108 valence electrons. The third-order valence-corrected chi connectivity index (χ3v) is 4.65. The summed E-state index contributed by atoms with van der Waals surface area (Å²) in [5.41, 5.74) is 2.29. The number of ether oxygens (including phenoxy) is 1. The van der Waals surface area contributed by atoms with E-state index in [0.29, 0.717) is 0 Å². The van der Waals surface area contributed by atoms with Gasteiger partial charge in [-0.2, -0.15) is 0 Å². The number of hydrogen-bond acceptors (Lipinski definition) is 3. The van der Waals surface area contributed by atoms with Crippen molar-refractivity contribution in [2.45, 2.75) is 57.6 Å². The number of para-hydroxylation sites is 1. The molecule has 1 aromatic rings. The minimum Gasteiger partial charge on any atom is -0.461 e. The Morgan fingerprint density at radius 1 is 1.35 bits per heavy atom. The fourth-order valence-electron chi connectivity index (χ4n) is 3.41. The highest BCUT2D eigenvalue weighted by Crippen LogP contribution is 2.30. The van der Waals surface area contributed by atoms with Crippen LogP contribution in [-0.2, 0) is 16.0 Å². The predicted octanol–water partition coefficient (Wildman–Crippen LogP) is 3.54. The standard InChI is InChI=1S/C17H23NO2/c1-2-12-6-5-8-14(10-12)20-17(19)16-11-13-7-3-4-9-15(13)18-16/h3-4,7,9,12,14,16,18H,2,5-6,8,10-11H2,1H3. The zero-order chi connectivity index (χ0) is 13.9. The molecule has 3 nitrogen and oxygen atoms in total. The lowest BCUT2D eigenvalue weighted by molar-refractivity contribution is -0.152. The van der Waals surface area contributed by atoms with E-state index in [-0.39, 0.29) is 18.1 Å². The van der Waals surface area contributed by atoms with Gasteiger partial charge in [0.15, 0.2) is 0 Å². The van der Waals surface area contributed by atoms with E-state index in [1.165, 1.54) is 24.8 Å². The van der Waals surface area contributed by atoms with Crippen molar-refractivity contribution in [2.75, 3.05) is 5.32 Å². The van der Waals surface area contributed by atoms with Crippen LogP contribution in [0, 0.1) is 5.92 Å². The highest BCUT2D eigenvalue weighted by Gasteiger charge is 2.31. The van der Waals surface area contributed by atoms with Gasteiger partial charge in [-0.1, -0.05) is 38.0 Å². The molecule has 3 unspecified atom stereocenters. The van der Waals surface area contributed by atoms with Crippen LogP contribution in [0.5, 0.6) is 0 Å². The molecule has 1 fully saturated rings. The molecule has 1 heterocycles. The van der Waals surface area contributed by atoms with Crippen molar-refractivity contribution in [3.8, 4) is 0 Å². The second kappa shape index (κ2) is 5.86. The summed E-state index contributed by atoms with van der Waals surface area (Å²) in [6.07, 6.45) is 6.63. The molecule has 3 heteroatoms. The molecule has 2 aliphatic rings. The number of carbonyl (C=O) groups excluding carboxylic acids is 1. The number of hydrogen-bond donors (Lipinski definition) is 1. The first-order valence-electron chi connectivity index (χ1n) is 7.81. The summed E-state index contributed by atoms with van der Waals surface area (Å²) in [5, 5.41) is 3.27. The van der Waals surface area contributed by atoms with Crippen LogP contribution in [0.1, 0.15) is 44.6 Å². The molecule has 1 saturated carbocycles. The van der Waals surface area contributed by atoms with Crippen molar-refractivity contribution in [1.82, 2.24) is 0 Å². The Kier molecular flexibility index (Phi) is 3.95. The molecule has 1 aliphatic heterocycles. The molecule has 0 spiro atoms. The Morgan fingerprint density at radius 2 is 2.20 bits per heavy atom. The van der Waals surface area contributed by atoms with E-state index in [1.807, 2.05) is 18.2 Å². The van der Waals surface area contributed by atoms with Crippen molar-refractivity contribution in [2.24, 2.45) is 5.92 Å². The first-order chi connectivity index (χ1) is 9.76. The second-order valence-corrected chi connectivity index (χ2v) is 6.06. The van der Waals surface area contributed by atoms with E-state index in [2.05, 4.69) is 18.3 Å². The number of anilines is 1. The summed E-state index contributed by atoms with van der Waals surface area (Å²) in [6.45, 7) is 2.23. The fraction of sp³-hybridized carbons (Fsp3) is 0.588. The van der Waals surface area contributed by atoms with Gasteiger partial charge in [-0.25, -0.2) is 4.79 Å². The summed E-state index contributed by atoms with van der Waals surface area (Å²) >= 11 is 0. The largest absolute Gasteiger partial charge is 0.461 e. The topological polar surface area (TPSA) is 38.3 Å². The maximum Gasteiger partial charge on any atom is 0.329 e. The molecule has 0 bridgehead atoms. The van der Waals surface area contributed by atoms with Gasteiger partial charge < -0.3 is 10.1 Å². The molecular weight excluding hydrogens is 250 g/mol. The van der Waals surface area contributed by atoms with Gasteiger partial charge in [-0.3, -0.25) is 0 Å². The first-order valence-corrected chi connectivity index (χ1v) is 7.81. The maximum absolute atomic E-state index is 12.3. The Labute approximate surface area is 120 Å². The first kappa shape index (κ1) is 13.5. The molecule has 0 saturated heterocycles. The molecule has 0 radical (unpaired) electrons. The number of benzene rings is 1. The Hall–Kier alpha value is -1.51. The van der Waals surface area contributed by atoms with Crippen LogP contribution >= 0.6 is 0 Å². The van der Waals surface area contributed by atoms with Gasteiger partial charge in [0.1, 0.15) is 12.1 Å². The number of nitrogens with one attached hydrogen (secondary N) is 1. The smallest absolute Gasteiger partial charge is 0.329 e. The number of esters is 1. The van der Waals surface area contributed by atoms with E-state index < -0.39 is 0 Å². The van der Waals surface area contributed by atoms with Gasteiger partial charge in [-0.05, 0) is 36.8 Å². The van der Waals surface area contributed by atoms with Crippen molar-refractivity contribution < 1.29 is 9.53 Å². The van der Waals surface area contributed by atoms with Gasteiger partial charge in [0.05, 0.1) is 0 Å². The van der Waals surface area contributed by atoms with Crippen LogP contribution in [0.15, 0.2) is 24.3 Å². The summed E-state index contributed by atoms with van der Waals surface area (Å²) in [7, 11) is 0. The van der Waals surface area contributed by atoms with Crippen LogP contribution in [-0.4, -0.2) is 18.1 Å². The summed E-state index contributed by atoms with van der Waals surface area (Å²) in [6, 6.07) is 7.90. The number of carbonyl (C=O) groups is 1. The SMILES string of the molecule is CCC1CCCC(OC(=O)C2Cc3ccccc3N2)C1. The molecule has 1 N–H and O–H groups in total. The maximum atomic E-state index is 12.3. The second-order valence-electron chi connectivity index (χ2n) is 6.06. The van der Waals surface area contributed by atoms with Gasteiger partial charge in [0, 0.05) is 12.1 Å². The van der Waals surface area contributed by atoms with Crippen LogP contribution in [0.2, 0.25) is 0 Å². The number of fused-ring (bicyclic) bond motifs is 1. The third-order valence-electron chi connectivity index (χ3n) is 4.65. The lowest BCUT2D eigenvalue weighted by Gasteiger charge is -2.29.